The molecule has 5 nitrogen and oxygen atoms in total. The number of hydrogen-bond donors (Lipinski definition) is 1. The number of rotatable bonds is 5. The molecule has 0 saturated heterocycles. The summed E-state index contributed by atoms with van der Waals surface area (Å²) in [6.07, 6.45) is 6.50. The molecule has 1 heterocycles. The molecule has 198 valence electrons. The number of benzene rings is 2. The number of methoxy groups -OCH3 is 1. The maximum absolute atomic E-state index is 14.0. The molecule has 0 radical (unpaired) electrons. The number of allylic oxidation sites excluding steroid dienone is 5. The summed E-state index contributed by atoms with van der Waals surface area (Å²) in [5.74, 6) is 0.752. The third kappa shape index (κ3) is 5.38. The Hall–Kier alpha value is -3.86. The summed E-state index contributed by atoms with van der Waals surface area (Å²) in [5, 5.41) is 3.56. The second-order valence-electron chi connectivity index (χ2n) is 11.1. The van der Waals surface area contributed by atoms with Crippen LogP contribution in [-0.4, -0.2) is 23.7 Å². The highest BCUT2D eigenvalue weighted by molar-refractivity contribution is 6.00. The van der Waals surface area contributed by atoms with Crippen molar-refractivity contribution < 1.29 is 14.3 Å². The Labute approximate surface area is 226 Å². The summed E-state index contributed by atoms with van der Waals surface area (Å²) in [5.41, 5.74) is 6.29. The van der Waals surface area contributed by atoms with Gasteiger partial charge in [0.15, 0.2) is 5.78 Å². The number of carbonyl (C=O) groups is 2. The van der Waals surface area contributed by atoms with Crippen LogP contribution < -0.4 is 10.1 Å². The molecule has 1 amide bonds. The molecule has 0 saturated carbocycles. The second-order valence-corrected chi connectivity index (χ2v) is 11.1. The van der Waals surface area contributed by atoms with Crippen molar-refractivity contribution in [1.82, 2.24) is 10.2 Å². The lowest BCUT2D eigenvalue weighted by Crippen LogP contribution is -2.36. The van der Waals surface area contributed by atoms with Crippen LogP contribution in [0.25, 0.3) is 0 Å². The van der Waals surface area contributed by atoms with Crippen molar-refractivity contribution in [2.24, 2.45) is 0 Å². The number of Topliss-reactive ketones (excluding diaryl/α,β-unsaturated/α-hetero) is 1. The normalized spacial score (nSPS) is 20.3. The first-order valence-corrected chi connectivity index (χ1v) is 13.1. The standard InChI is InChI=1S/C33H38N2O3/c1-8-9-10-28-21(2)35(22(3)36)32(24-11-15-26(16-12-24)33(4,5)6)31-29(34-28)19-25(20-30(31)37)23-13-17-27(38-7)18-14-23/h8-18,25,32,34H,1,19-20H2,2-7H3/b10-9-. The lowest BCUT2D eigenvalue weighted by molar-refractivity contribution is -0.128. The monoisotopic (exact) mass is 510 g/mol. The highest BCUT2D eigenvalue weighted by Crippen LogP contribution is 2.44. The number of nitrogens with one attached hydrogen (secondary N) is 1. The molecule has 2 unspecified atom stereocenters. The fourth-order valence-corrected chi connectivity index (χ4v) is 5.41. The number of hydrogen-bond acceptors (Lipinski definition) is 4. The quantitative estimate of drug-likeness (QED) is 0.447. The molecule has 2 aromatic carbocycles. The van der Waals surface area contributed by atoms with Gasteiger partial charge in [-0.05, 0) is 59.6 Å². The minimum Gasteiger partial charge on any atom is -0.497 e. The SMILES string of the molecule is C=C/C=C\C1=C(C)N(C(C)=O)C(c2ccc(C(C)(C)C)cc2)C2=C(CC(c3ccc(OC)cc3)CC2=O)N1. The molecule has 1 N–H and O–H groups in total. The van der Waals surface area contributed by atoms with Crippen LogP contribution in [0, 0.1) is 0 Å². The highest BCUT2D eigenvalue weighted by atomic mass is 16.5. The Balaban J connectivity index is 1.88. The first-order chi connectivity index (χ1) is 18.0. The predicted molar refractivity (Wildman–Crippen MR) is 153 cm³/mol. The number of nitrogens with zero attached hydrogens (tertiary/aromatic N) is 1. The summed E-state index contributed by atoms with van der Waals surface area (Å²) in [6.45, 7) is 13.8. The lowest BCUT2D eigenvalue weighted by Gasteiger charge is -2.35. The van der Waals surface area contributed by atoms with E-state index < -0.39 is 6.04 Å². The summed E-state index contributed by atoms with van der Waals surface area (Å²) in [7, 11) is 1.65. The van der Waals surface area contributed by atoms with Crippen LogP contribution in [-0.2, 0) is 15.0 Å². The van der Waals surface area contributed by atoms with Crippen LogP contribution in [0.2, 0.25) is 0 Å². The van der Waals surface area contributed by atoms with E-state index in [0.29, 0.717) is 18.4 Å². The van der Waals surface area contributed by atoms with Crippen LogP contribution >= 0.6 is 0 Å². The third-order valence-corrected chi connectivity index (χ3v) is 7.49. The number of ether oxygens (including phenoxy) is 1. The largest absolute Gasteiger partial charge is 0.497 e. The van der Waals surface area contributed by atoms with E-state index in [4.69, 9.17) is 4.74 Å². The molecule has 2 atom stereocenters. The molecule has 1 aliphatic carbocycles. The average molecular weight is 511 g/mol. The highest BCUT2D eigenvalue weighted by Gasteiger charge is 2.40. The van der Waals surface area contributed by atoms with Crippen molar-refractivity contribution in [2.45, 2.75) is 64.8 Å². The van der Waals surface area contributed by atoms with Gasteiger partial charge in [-0.3, -0.25) is 9.59 Å². The van der Waals surface area contributed by atoms with Gasteiger partial charge in [0.2, 0.25) is 5.91 Å². The van der Waals surface area contributed by atoms with Gasteiger partial charge < -0.3 is 15.0 Å². The number of ketones is 1. The zero-order valence-electron chi connectivity index (χ0n) is 23.3. The first-order valence-electron chi connectivity index (χ1n) is 13.1. The Morgan fingerprint density at radius 3 is 2.24 bits per heavy atom. The maximum Gasteiger partial charge on any atom is 0.224 e. The van der Waals surface area contributed by atoms with Gasteiger partial charge in [0.1, 0.15) is 5.75 Å². The van der Waals surface area contributed by atoms with Crippen molar-refractivity contribution in [3.8, 4) is 5.75 Å². The van der Waals surface area contributed by atoms with E-state index in [1.807, 2.05) is 43.3 Å². The van der Waals surface area contributed by atoms with Crippen molar-refractivity contribution in [1.29, 1.82) is 0 Å². The van der Waals surface area contributed by atoms with Crippen molar-refractivity contribution in [3.05, 3.63) is 113 Å². The smallest absolute Gasteiger partial charge is 0.224 e. The van der Waals surface area contributed by atoms with E-state index >= 15 is 0 Å². The summed E-state index contributed by atoms with van der Waals surface area (Å²) in [4.78, 5) is 28.9. The third-order valence-electron chi connectivity index (χ3n) is 7.49. The van der Waals surface area contributed by atoms with Crippen LogP contribution in [0.1, 0.15) is 76.1 Å². The van der Waals surface area contributed by atoms with Gasteiger partial charge in [-0.2, -0.15) is 0 Å². The lowest BCUT2D eigenvalue weighted by atomic mass is 9.77. The fraction of sp³-hybridized carbons (Fsp3) is 0.333. The van der Waals surface area contributed by atoms with E-state index in [1.165, 1.54) is 5.56 Å². The molecule has 2 aromatic rings. The molecule has 0 fully saturated rings. The molecule has 5 heteroatoms. The first kappa shape index (κ1) is 27.2. The Morgan fingerprint density at radius 1 is 1.05 bits per heavy atom. The molecular weight excluding hydrogens is 472 g/mol. The molecule has 2 aliphatic rings. The van der Waals surface area contributed by atoms with Gasteiger partial charge in [0.25, 0.3) is 0 Å². The molecule has 1 aliphatic heterocycles. The molecule has 0 bridgehead atoms. The Bertz CT molecular complexity index is 1320. The Morgan fingerprint density at radius 2 is 1.68 bits per heavy atom. The van der Waals surface area contributed by atoms with Crippen LogP contribution in [0.3, 0.4) is 0 Å². The summed E-state index contributed by atoms with van der Waals surface area (Å²) in [6, 6.07) is 15.8. The summed E-state index contributed by atoms with van der Waals surface area (Å²) >= 11 is 0. The van der Waals surface area contributed by atoms with E-state index in [0.717, 1.165) is 34.0 Å². The zero-order valence-corrected chi connectivity index (χ0v) is 23.3. The fourth-order valence-electron chi connectivity index (χ4n) is 5.41. The topological polar surface area (TPSA) is 58.6 Å². The number of amides is 1. The predicted octanol–water partition coefficient (Wildman–Crippen LogP) is 6.86. The van der Waals surface area contributed by atoms with Gasteiger partial charge in [0.05, 0.1) is 18.8 Å². The van der Waals surface area contributed by atoms with Crippen LogP contribution in [0.4, 0.5) is 0 Å². The maximum atomic E-state index is 14.0. The molecule has 4 rings (SSSR count). The minimum absolute atomic E-state index is 0.00105. The van der Waals surface area contributed by atoms with Gasteiger partial charge in [-0.1, -0.05) is 75.9 Å². The van der Waals surface area contributed by atoms with E-state index in [9.17, 15) is 9.59 Å². The van der Waals surface area contributed by atoms with Gasteiger partial charge in [-0.15, -0.1) is 0 Å². The van der Waals surface area contributed by atoms with Gasteiger partial charge in [-0.25, -0.2) is 0 Å². The van der Waals surface area contributed by atoms with Crippen LogP contribution in [0.15, 0.2) is 96.0 Å². The van der Waals surface area contributed by atoms with Crippen molar-refractivity contribution >= 4 is 11.7 Å². The molecule has 0 spiro atoms. The van der Waals surface area contributed by atoms with Gasteiger partial charge in [0, 0.05) is 30.3 Å². The van der Waals surface area contributed by atoms with Gasteiger partial charge >= 0.3 is 0 Å². The Kier molecular flexibility index (Phi) is 7.77. The van der Waals surface area contributed by atoms with E-state index in [2.05, 4.69) is 56.9 Å². The molecule has 0 aromatic heterocycles. The minimum atomic E-state index is -0.511. The summed E-state index contributed by atoms with van der Waals surface area (Å²) < 4.78 is 5.32. The van der Waals surface area contributed by atoms with E-state index in [1.54, 1.807) is 25.0 Å². The van der Waals surface area contributed by atoms with Crippen molar-refractivity contribution in [2.75, 3.05) is 7.11 Å². The van der Waals surface area contributed by atoms with Crippen molar-refractivity contribution in [3.63, 3.8) is 0 Å². The zero-order chi connectivity index (χ0) is 27.6. The molecule has 38 heavy (non-hydrogen) atoms. The van der Waals surface area contributed by atoms with Crippen LogP contribution in [0.5, 0.6) is 5.75 Å². The second kappa shape index (κ2) is 10.9. The average Bonchev–Trinajstić information content (AvgIpc) is 3.01. The van der Waals surface area contributed by atoms with E-state index in [-0.39, 0.29) is 23.0 Å². The number of carbonyl (C=O) groups excluding carboxylic acids is 2. The molecular formula is C33H38N2O3.